The number of hydrogen-bond donors (Lipinski definition) is 2. The average Bonchev–Trinajstić information content (AvgIpc) is 3.16. The van der Waals surface area contributed by atoms with Crippen molar-refractivity contribution in [3.8, 4) is 0 Å². The molecular formula is C13H20N4O6S. The summed E-state index contributed by atoms with van der Waals surface area (Å²) >= 11 is 0. The SMILES string of the molecule is O=C([C@H]1CC[C@@H]2CN1C(=O)N2OS(=O)(=O)O)N1CC2CNCC2C1. The Bertz CT molecular complexity index is 657. The monoisotopic (exact) mass is 360 g/mol. The number of hydroxylamine groups is 2. The fourth-order valence-electron chi connectivity index (χ4n) is 4.33. The fourth-order valence-corrected chi connectivity index (χ4v) is 4.72. The lowest BCUT2D eigenvalue weighted by Crippen LogP contribution is -2.51. The molecule has 11 heteroatoms. The van der Waals surface area contributed by atoms with Crippen molar-refractivity contribution in [1.29, 1.82) is 0 Å². The minimum Gasteiger partial charge on any atom is -0.340 e. The van der Waals surface area contributed by atoms with E-state index in [-0.39, 0.29) is 12.5 Å². The summed E-state index contributed by atoms with van der Waals surface area (Å²) in [4.78, 5) is 28.4. The number of amides is 3. The van der Waals surface area contributed by atoms with E-state index < -0.39 is 28.5 Å². The maximum absolute atomic E-state index is 12.8. The topological polar surface area (TPSA) is 119 Å². The van der Waals surface area contributed by atoms with Crippen LogP contribution in [-0.4, -0.2) is 84.6 Å². The highest BCUT2D eigenvalue weighted by Crippen LogP contribution is 2.33. The molecule has 0 aromatic heterocycles. The lowest BCUT2D eigenvalue weighted by molar-refractivity contribution is -0.135. The molecule has 4 aliphatic heterocycles. The molecule has 0 spiro atoms. The number of carbonyl (C=O) groups is 2. The third-order valence-corrected chi connectivity index (χ3v) is 5.83. The number of hydrogen-bond acceptors (Lipinski definition) is 6. The van der Waals surface area contributed by atoms with Crippen molar-refractivity contribution in [2.24, 2.45) is 11.8 Å². The van der Waals surface area contributed by atoms with E-state index in [0.29, 0.717) is 42.8 Å². The summed E-state index contributed by atoms with van der Waals surface area (Å²) < 4.78 is 35.0. The Morgan fingerprint density at radius 1 is 1.17 bits per heavy atom. The van der Waals surface area contributed by atoms with Crippen LogP contribution >= 0.6 is 0 Å². The van der Waals surface area contributed by atoms with E-state index in [0.717, 1.165) is 13.1 Å². The van der Waals surface area contributed by atoms with Crippen LogP contribution in [0.5, 0.6) is 0 Å². The van der Waals surface area contributed by atoms with Gasteiger partial charge in [-0.3, -0.25) is 9.35 Å². The molecule has 0 aliphatic carbocycles. The number of rotatable bonds is 3. The molecule has 0 aromatic rings. The second-order valence-electron chi connectivity index (χ2n) is 6.93. The van der Waals surface area contributed by atoms with Crippen LogP contribution in [-0.2, 0) is 19.5 Å². The molecule has 4 atom stereocenters. The summed E-state index contributed by atoms with van der Waals surface area (Å²) in [6.07, 6.45) is 0.918. The molecule has 4 heterocycles. The highest BCUT2D eigenvalue weighted by molar-refractivity contribution is 7.80. The van der Waals surface area contributed by atoms with Gasteiger partial charge in [-0.1, -0.05) is 0 Å². The molecule has 4 saturated heterocycles. The largest absolute Gasteiger partial charge is 0.418 e. The number of fused-ring (bicyclic) bond motifs is 3. The zero-order chi connectivity index (χ0) is 17.1. The van der Waals surface area contributed by atoms with E-state index in [9.17, 15) is 18.0 Å². The van der Waals surface area contributed by atoms with Crippen molar-refractivity contribution < 1.29 is 26.8 Å². The van der Waals surface area contributed by atoms with Crippen molar-refractivity contribution in [3.05, 3.63) is 0 Å². The van der Waals surface area contributed by atoms with Crippen LogP contribution < -0.4 is 5.32 Å². The third kappa shape index (κ3) is 2.65. The van der Waals surface area contributed by atoms with E-state index in [1.165, 1.54) is 4.90 Å². The van der Waals surface area contributed by atoms with Gasteiger partial charge in [-0.25, -0.2) is 4.79 Å². The van der Waals surface area contributed by atoms with Gasteiger partial charge in [0.15, 0.2) is 0 Å². The first-order chi connectivity index (χ1) is 11.3. The molecule has 2 N–H and O–H groups in total. The van der Waals surface area contributed by atoms with Gasteiger partial charge in [0, 0.05) is 32.7 Å². The average molecular weight is 360 g/mol. The van der Waals surface area contributed by atoms with Gasteiger partial charge in [0.05, 0.1) is 6.04 Å². The number of nitrogens with one attached hydrogen (secondary N) is 1. The summed E-state index contributed by atoms with van der Waals surface area (Å²) in [7, 11) is -4.77. The van der Waals surface area contributed by atoms with Gasteiger partial charge in [-0.05, 0) is 24.7 Å². The van der Waals surface area contributed by atoms with Crippen molar-refractivity contribution >= 4 is 22.3 Å². The minimum atomic E-state index is -4.77. The summed E-state index contributed by atoms with van der Waals surface area (Å²) in [6.45, 7) is 3.46. The molecule has 0 saturated carbocycles. The maximum atomic E-state index is 12.8. The van der Waals surface area contributed by atoms with Crippen LogP contribution in [0.3, 0.4) is 0 Å². The summed E-state index contributed by atoms with van der Waals surface area (Å²) in [5, 5.41) is 3.99. The molecule has 2 unspecified atom stereocenters. The van der Waals surface area contributed by atoms with Gasteiger partial charge in [-0.15, -0.1) is 4.28 Å². The van der Waals surface area contributed by atoms with E-state index >= 15 is 0 Å². The third-order valence-electron chi connectivity index (χ3n) is 5.48. The predicted molar refractivity (Wildman–Crippen MR) is 79.8 cm³/mol. The Kier molecular flexibility index (Phi) is 3.71. The Morgan fingerprint density at radius 3 is 2.46 bits per heavy atom. The number of carbonyl (C=O) groups excluding carboxylic acids is 2. The molecule has 4 fully saturated rings. The first kappa shape index (κ1) is 16.1. The lowest BCUT2D eigenvalue weighted by Gasteiger charge is -2.32. The van der Waals surface area contributed by atoms with Crippen LogP contribution in [0.4, 0.5) is 4.79 Å². The molecule has 2 bridgehead atoms. The van der Waals surface area contributed by atoms with E-state index in [4.69, 9.17) is 4.55 Å². The Morgan fingerprint density at radius 2 is 1.83 bits per heavy atom. The van der Waals surface area contributed by atoms with Crippen LogP contribution in [0, 0.1) is 11.8 Å². The first-order valence-corrected chi connectivity index (χ1v) is 9.46. The zero-order valence-corrected chi connectivity index (χ0v) is 13.8. The van der Waals surface area contributed by atoms with E-state index in [1.807, 2.05) is 4.90 Å². The van der Waals surface area contributed by atoms with E-state index in [1.54, 1.807) is 0 Å². The number of urea groups is 1. The second kappa shape index (κ2) is 5.55. The van der Waals surface area contributed by atoms with Crippen LogP contribution in [0.15, 0.2) is 0 Å². The van der Waals surface area contributed by atoms with E-state index in [2.05, 4.69) is 9.60 Å². The van der Waals surface area contributed by atoms with Crippen LogP contribution in [0.2, 0.25) is 0 Å². The predicted octanol–water partition coefficient (Wildman–Crippen LogP) is -1.33. The molecule has 4 rings (SSSR count). The first-order valence-electron chi connectivity index (χ1n) is 8.10. The van der Waals surface area contributed by atoms with Gasteiger partial charge in [0.2, 0.25) is 5.91 Å². The molecule has 0 aromatic carbocycles. The summed E-state index contributed by atoms with van der Waals surface area (Å²) in [5.74, 6) is 0.864. The standard InChI is InChI=1S/C13H20N4O6S/c18-12(15-5-8-3-14-4-9(8)6-15)11-2-1-10-7-16(11)13(19)17(10)23-24(20,21)22/h8-11,14H,1-7H2,(H,20,21,22)/t8?,9?,10-,11-/m1/s1. The Balaban J connectivity index is 1.46. The quantitative estimate of drug-likeness (QED) is 0.598. The number of nitrogens with zero attached hydrogens (tertiary/aromatic N) is 3. The number of piperidine rings is 1. The minimum absolute atomic E-state index is 0.0788. The molecule has 4 aliphatic rings. The van der Waals surface area contributed by atoms with Gasteiger partial charge >= 0.3 is 16.4 Å². The van der Waals surface area contributed by atoms with Gasteiger partial charge < -0.3 is 15.1 Å². The van der Waals surface area contributed by atoms with Gasteiger partial charge in [0.25, 0.3) is 0 Å². The molecule has 0 radical (unpaired) electrons. The lowest BCUT2D eigenvalue weighted by atomic mass is 10.00. The smallest absolute Gasteiger partial charge is 0.340 e. The number of likely N-dealkylation sites (tertiary alicyclic amines) is 1. The Labute approximate surface area is 139 Å². The van der Waals surface area contributed by atoms with Crippen molar-refractivity contribution in [2.75, 3.05) is 32.7 Å². The summed E-state index contributed by atoms with van der Waals surface area (Å²) in [5.41, 5.74) is 0. The maximum Gasteiger partial charge on any atom is 0.418 e. The van der Waals surface area contributed by atoms with Crippen molar-refractivity contribution in [2.45, 2.75) is 24.9 Å². The molecule has 134 valence electrons. The Hall–Kier alpha value is -1.43. The van der Waals surface area contributed by atoms with Crippen molar-refractivity contribution in [3.63, 3.8) is 0 Å². The highest BCUT2D eigenvalue weighted by atomic mass is 32.3. The van der Waals surface area contributed by atoms with Gasteiger partial charge in [0.1, 0.15) is 6.04 Å². The summed E-state index contributed by atoms with van der Waals surface area (Å²) in [6, 6.07) is -1.74. The second-order valence-corrected chi connectivity index (χ2v) is 7.94. The van der Waals surface area contributed by atoms with Crippen molar-refractivity contribution in [1.82, 2.24) is 20.2 Å². The normalized spacial score (nSPS) is 35.7. The van der Waals surface area contributed by atoms with Crippen LogP contribution in [0.1, 0.15) is 12.8 Å². The van der Waals surface area contributed by atoms with Gasteiger partial charge in [-0.2, -0.15) is 13.5 Å². The molecule has 24 heavy (non-hydrogen) atoms. The molecule has 10 nitrogen and oxygen atoms in total. The zero-order valence-electron chi connectivity index (χ0n) is 13.0. The van der Waals surface area contributed by atoms with Crippen LogP contribution in [0.25, 0.3) is 0 Å². The molecule has 3 amide bonds. The fraction of sp³-hybridized carbons (Fsp3) is 0.846. The molecular weight excluding hydrogens is 340 g/mol. The highest BCUT2D eigenvalue weighted by Gasteiger charge is 2.51.